The van der Waals surface area contributed by atoms with Crippen LogP contribution in [0.1, 0.15) is 20.8 Å². The van der Waals surface area contributed by atoms with E-state index in [1.807, 2.05) is 20.8 Å². The molecule has 1 saturated heterocycles. The number of rotatable bonds is 4. The summed E-state index contributed by atoms with van der Waals surface area (Å²) in [7, 11) is -1.78. The van der Waals surface area contributed by atoms with Crippen LogP contribution in [0.3, 0.4) is 0 Å². The maximum Gasteiger partial charge on any atom is 0.228 e. The molecule has 6 nitrogen and oxygen atoms in total. The van der Waals surface area contributed by atoms with E-state index in [1.54, 1.807) is 4.90 Å². The molecule has 1 amide bonds. The van der Waals surface area contributed by atoms with Crippen molar-refractivity contribution < 1.29 is 17.9 Å². The lowest BCUT2D eigenvalue weighted by molar-refractivity contribution is -0.140. The third-order valence-electron chi connectivity index (χ3n) is 3.11. The Morgan fingerprint density at radius 3 is 2.11 bits per heavy atom. The maximum absolute atomic E-state index is 12.1. The zero-order chi connectivity index (χ0) is 14.7. The zero-order valence-corrected chi connectivity index (χ0v) is 13.0. The van der Waals surface area contributed by atoms with Crippen molar-refractivity contribution in [3.8, 4) is 0 Å². The monoisotopic (exact) mass is 292 g/mol. The lowest BCUT2D eigenvalue weighted by Gasteiger charge is -2.37. The molecular weight excluding hydrogens is 268 g/mol. The van der Waals surface area contributed by atoms with E-state index < -0.39 is 15.4 Å². The fourth-order valence-electron chi connectivity index (χ4n) is 1.96. The Morgan fingerprint density at radius 1 is 1.16 bits per heavy atom. The average Bonchev–Trinajstić information content (AvgIpc) is 2.34. The number of amides is 1. The minimum Gasteiger partial charge on any atom is -0.384 e. The molecule has 0 saturated carbocycles. The quantitative estimate of drug-likeness (QED) is 0.740. The summed E-state index contributed by atoms with van der Waals surface area (Å²) in [5, 5.41) is 0. The first-order valence-corrected chi connectivity index (χ1v) is 8.05. The number of carbonyl (C=O) groups is 1. The molecule has 1 aliphatic rings. The van der Waals surface area contributed by atoms with Crippen LogP contribution in [0.15, 0.2) is 0 Å². The Balaban J connectivity index is 2.56. The molecule has 112 valence electrons. The van der Waals surface area contributed by atoms with Crippen molar-refractivity contribution >= 4 is 15.9 Å². The Labute approximate surface area is 115 Å². The number of methoxy groups -OCH3 is 1. The number of carbonyl (C=O) groups excluding carboxylic acids is 1. The fourth-order valence-corrected chi connectivity index (χ4v) is 3.32. The summed E-state index contributed by atoms with van der Waals surface area (Å²) in [6.07, 6.45) is 0. The minimum absolute atomic E-state index is 0.00326. The molecule has 0 aromatic rings. The summed E-state index contributed by atoms with van der Waals surface area (Å²) >= 11 is 0. The Kier molecular flexibility index (Phi) is 5.34. The molecule has 0 aliphatic carbocycles. The third kappa shape index (κ3) is 4.43. The van der Waals surface area contributed by atoms with Gasteiger partial charge < -0.3 is 9.64 Å². The van der Waals surface area contributed by atoms with Gasteiger partial charge in [-0.05, 0) is 0 Å². The van der Waals surface area contributed by atoms with Crippen molar-refractivity contribution in [1.82, 2.24) is 9.21 Å². The molecule has 0 spiro atoms. The van der Waals surface area contributed by atoms with E-state index in [4.69, 9.17) is 4.74 Å². The van der Waals surface area contributed by atoms with Gasteiger partial charge in [0.05, 0.1) is 12.4 Å². The van der Waals surface area contributed by atoms with Crippen LogP contribution in [0.25, 0.3) is 0 Å². The van der Waals surface area contributed by atoms with Crippen LogP contribution in [0.5, 0.6) is 0 Å². The first kappa shape index (κ1) is 16.4. The summed E-state index contributed by atoms with van der Waals surface area (Å²) in [5.41, 5.74) is -0.420. The standard InChI is InChI=1S/C12H24N2O4S/c1-12(2,3)11(15)13-5-7-14(8-6-13)19(16,17)10-9-18-4/h5-10H2,1-4H3. The number of hydrogen-bond acceptors (Lipinski definition) is 4. The molecule has 1 aliphatic heterocycles. The van der Waals surface area contributed by atoms with Crippen molar-refractivity contribution in [2.45, 2.75) is 20.8 Å². The molecule has 0 unspecified atom stereocenters. The highest BCUT2D eigenvalue weighted by Crippen LogP contribution is 2.19. The molecule has 0 N–H and O–H groups in total. The van der Waals surface area contributed by atoms with E-state index in [0.29, 0.717) is 26.2 Å². The number of nitrogens with zero attached hydrogens (tertiary/aromatic N) is 2. The Hall–Kier alpha value is -0.660. The number of hydrogen-bond donors (Lipinski definition) is 0. The van der Waals surface area contributed by atoms with Gasteiger partial charge in [-0.3, -0.25) is 4.79 Å². The Morgan fingerprint density at radius 2 is 1.68 bits per heavy atom. The van der Waals surface area contributed by atoms with Crippen LogP contribution in [-0.4, -0.2) is 69.2 Å². The van der Waals surface area contributed by atoms with Crippen molar-refractivity contribution in [1.29, 1.82) is 0 Å². The van der Waals surface area contributed by atoms with Crippen LogP contribution in [0, 0.1) is 5.41 Å². The van der Waals surface area contributed by atoms with E-state index in [1.165, 1.54) is 11.4 Å². The topological polar surface area (TPSA) is 66.9 Å². The molecule has 1 rings (SSSR count). The molecular formula is C12H24N2O4S. The first-order chi connectivity index (χ1) is 8.68. The van der Waals surface area contributed by atoms with Gasteiger partial charge in [0, 0.05) is 38.7 Å². The molecule has 0 bridgehead atoms. The van der Waals surface area contributed by atoms with Gasteiger partial charge in [-0.15, -0.1) is 0 Å². The van der Waals surface area contributed by atoms with Gasteiger partial charge in [0.15, 0.2) is 0 Å². The predicted octanol–water partition coefficient (Wildman–Crippen LogP) is 0.153. The van der Waals surface area contributed by atoms with Crippen molar-refractivity contribution in [2.24, 2.45) is 5.41 Å². The van der Waals surface area contributed by atoms with Crippen molar-refractivity contribution in [2.75, 3.05) is 45.6 Å². The smallest absolute Gasteiger partial charge is 0.228 e. The molecule has 0 aromatic carbocycles. The van der Waals surface area contributed by atoms with E-state index in [9.17, 15) is 13.2 Å². The van der Waals surface area contributed by atoms with Gasteiger partial charge in [0.25, 0.3) is 0 Å². The summed E-state index contributed by atoms with van der Waals surface area (Å²) < 4.78 is 30.2. The normalized spacial score (nSPS) is 18.6. The third-order valence-corrected chi connectivity index (χ3v) is 4.94. The molecule has 19 heavy (non-hydrogen) atoms. The molecule has 7 heteroatoms. The Bertz CT molecular complexity index is 406. The van der Waals surface area contributed by atoms with Crippen LogP contribution < -0.4 is 0 Å². The lowest BCUT2D eigenvalue weighted by atomic mass is 9.94. The van der Waals surface area contributed by atoms with Crippen LogP contribution in [0.4, 0.5) is 0 Å². The fraction of sp³-hybridized carbons (Fsp3) is 0.917. The highest BCUT2D eigenvalue weighted by Gasteiger charge is 2.32. The second-order valence-corrected chi connectivity index (χ2v) is 7.84. The summed E-state index contributed by atoms with van der Waals surface area (Å²) in [6.45, 7) is 7.47. The highest BCUT2D eigenvalue weighted by molar-refractivity contribution is 7.89. The van der Waals surface area contributed by atoms with Gasteiger partial charge >= 0.3 is 0 Å². The molecule has 1 heterocycles. The molecule has 0 radical (unpaired) electrons. The summed E-state index contributed by atoms with van der Waals surface area (Å²) in [6, 6.07) is 0. The van der Waals surface area contributed by atoms with Gasteiger partial charge in [0.1, 0.15) is 0 Å². The van der Waals surface area contributed by atoms with Gasteiger partial charge in [0.2, 0.25) is 15.9 Å². The maximum atomic E-state index is 12.1. The van der Waals surface area contributed by atoms with E-state index in [-0.39, 0.29) is 18.3 Å². The van der Waals surface area contributed by atoms with Crippen LogP contribution >= 0.6 is 0 Å². The van der Waals surface area contributed by atoms with Gasteiger partial charge in [-0.25, -0.2) is 8.42 Å². The second kappa shape index (κ2) is 6.19. The SMILES string of the molecule is COCCS(=O)(=O)N1CCN(C(=O)C(C)(C)C)CC1. The van der Waals surface area contributed by atoms with Crippen LogP contribution in [-0.2, 0) is 19.6 Å². The van der Waals surface area contributed by atoms with Gasteiger partial charge in [-0.1, -0.05) is 20.8 Å². The van der Waals surface area contributed by atoms with Crippen molar-refractivity contribution in [3.63, 3.8) is 0 Å². The van der Waals surface area contributed by atoms with Crippen LogP contribution in [0.2, 0.25) is 0 Å². The largest absolute Gasteiger partial charge is 0.384 e. The molecule has 1 fully saturated rings. The lowest BCUT2D eigenvalue weighted by Crippen LogP contribution is -2.53. The predicted molar refractivity (Wildman–Crippen MR) is 73.3 cm³/mol. The molecule has 0 aromatic heterocycles. The first-order valence-electron chi connectivity index (χ1n) is 6.44. The van der Waals surface area contributed by atoms with Crippen molar-refractivity contribution in [3.05, 3.63) is 0 Å². The molecule has 0 atom stereocenters. The summed E-state index contributed by atoms with van der Waals surface area (Å²) in [4.78, 5) is 13.8. The number of ether oxygens (including phenoxy) is 1. The summed E-state index contributed by atoms with van der Waals surface area (Å²) in [5.74, 6) is 0.0675. The minimum atomic E-state index is -3.26. The van der Waals surface area contributed by atoms with E-state index >= 15 is 0 Å². The average molecular weight is 292 g/mol. The van der Waals surface area contributed by atoms with E-state index in [0.717, 1.165) is 0 Å². The second-order valence-electron chi connectivity index (χ2n) is 5.75. The van der Waals surface area contributed by atoms with E-state index in [2.05, 4.69) is 0 Å². The number of piperazine rings is 1. The highest BCUT2D eigenvalue weighted by atomic mass is 32.2. The van der Waals surface area contributed by atoms with Gasteiger partial charge in [-0.2, -0.15) is 4.31 Å². The zero-order valence-electron chi connectivity index (χ0n) is 12.2. The number of sulfonamides is 1.